The normalized spacial score (nSPS) is 9.64. The summed E-state index contributed by atoms with van der Waals surface area (Å²) in [7, 11) is 1.68. The number of hydrogen-bond donors (Lipinski definition) is 1. The molecule has 0 radical (unpaired) electrons. The molecule has 0 aromatic rings. The topological polar surface area (TPSA) is 60.9 Å². The van der Waals surface area contributed by atoms with E-state index in [4.69, 9.17) is 5.11 Å². The van der Waals surface area contributed by atoms with Gasteiger partial charge in [0.1, 0.15) is 6.54 Å². The Kier molecular flexibility index (Phi) is 5.67. The van der Waals surface area contributed by atoms with Gasteiger partial charge in [-0.3, -0.25) is 4.79 Å². The summed E-state index contributed by atoms with van der Waals surface area (Å²) in [6.45, 7) is 4.56. The fraction of sp³-hybridized carbons (Fsp3) is 0.778. The summed E-state index contributed by atoms with van der Waals surface area (Å²) >= 11 is 0. The van der Waals surface area contributed by atoms with Crippen molar-refractivity contribution in [1.29, 1.82) is 0 Å². The summed E-state index contributed by atoms with van der Waals surface area (Å²) in [6, 6.07) is -0.225. The lowest BCUT2D eigenvalue weighted by molar-refractivity contribution is -0.137. The molecule has 2 amide bonds. The van der Waals surface area contributed by atoms with Crippen LogP contribution in [0, 0.1) is 0 Å². The summed E-state index contributed by atoms with van der Waals surface area (Å²) in [6.07, 6.45) is 0.868. The van der Waals surface area contributed by atoms with Crippen molar-refractivity contribution in [3.8, 4) is 0 Å². The van der Waals surface area contributed by atoms with Crippen molar-refractivity contribution < 1.29 is 14.7 Å². The van der Waals surface area contributed by atoms with Crippen LogP contribution in [0.2, 0.25) is 0 Å². The molecule has 5 heteroatoms. The second-order valence-corrected chi connectivity index (χ2v) is 3.11. The van der Waals surface area contributed by atoms with Crippen molar-refractivity contribution in [2.24, 2.45) is 0 Å². The molecule has 0 aliphatic rings. The molecule has 82 valence electrons. The van der Waals surface area contributed by atoms with E-state index >= 15 is 0 Å². The van der Waals surface area contributed by atoms with Gasteiger partial charge in [0.25, 0.3) is 0 Å². The number of carboxylic acids is 1. The molecule has 1 N–H and O–H groups in total. The van der Waals surface area contributed by atoms with Gasteiger partial charge in [-0.1, -0.05) is 6.92 Å². The first kappa shape index (κ1) is 12.7. The van der Waals surface area contributed by atoms with Gasteiger partial charge in [0.2, 0.25) is 0 Å². The van der Waals surface area contributed by atoms with E-state index in [1.165, 1.54) is 9.80 Å². The molecule has 0 fully saturated rings. The van der Waals surface area contributed by atoms with E-state index in [2.05, 4.69) is 0 Å². The van der Waals surface area contributed by atoms with Crippen LogP contribution in [0.15, 0.2) is 0 Å². The Morgan fingerprint density at radius 2 is 1.86 bits per heavy atom. The van der Waals surface area contributed by atoms with E-state index in [0.29, 0.717) is 13.1 Å². The summed E-state index contributed by atoms with van der Waals surface area (Å²) in [5.41, 5.74) is 0. The van der Waals surface area contributed by atoms with Crippen LogP contribution in [0.1, 0.15) is 20.3 Å². The minimum Gasteiger partial charge on any atom is -0.480 e. The maximum atomic E-state index is 11.6. The number of likely N-dealkylation sites (N-methyl/N-ethyl adjacent to an activating group) is 1. The molecule has 0 saturated heterocycles. The number of urea groups is 1. The van der Waals surface area contributed by atoms with Crippen molar-refractivity contribution in [2.75, 3.05) is 26.7 Å². The Hall–Kier alpha value is -1.26. The molecule has 0 aliphatic carbocycles. The molecule has 0 unspecified atom stereocenters. The van der Waals surface area contributed by atoms with Crippen molar-refractivity contribution in [2.45, 2.75) is 20.3 Å². The maximum Gasteiger partial charge on any atom is 0.323 e. The highest BCUT2D eigenvalue weighted by atomic mass is 16.4. The minimum atomic E-state index is -0.981. The summed E-state index contributed by atoms with van der Waals surface area (Å²) in [5, 5.41) is 8.56. The molecule has 0 atom stereocenters. The third-order valence-corrected chi connectivity index (χ3v) is 1.86. The predicted octanol–water partition coefficient (Wildman–Crippen LogP) is 0.855. The number of rotatable bonds is 5. The minimum absolute atomic E-state index is 0.225. The lowest BCUT2D eigenvalue weighted by Gasteiger charge is -2.25. The highest BCUT2D eigenvalue weighted by Gasteiger charge is 2.17. The van der Waals surface area contributed by atoms with E-state index in [9.17, 15) is 9.59 Å². The number of hydrogen-bond acceptors (Lipinski definition) is 2. The Morgan fingerprint density at radius 1 is 1.29 bits per heavy atom. The summed E-state index contributed by atoms with van der Waals surface area (Å²) in [5.74, 6) is -0.981. The van der Waals surface area contributed by atoms with Crippen LogP contribution in [0.25, 0.3) is 0 Å². The molecular weight excluding hydrogens is 184 g/mol. The van der Waals surface area contributed by atoms with Crippen LogP contribution < -0.4 is 0 Å². The lowest BCUT2D eigenvalue weighted by Crippen LogP contribution is -2.43. The third-order valence-electron chi connectivity index (χ3n) is 1.86. The lowest BCUT2D eigenvalue weighted by atomic mass is 10.4. The largest absolute Gasteiger partial charge is 0.480 e. The van der Waals surface area contributed by atoms with Gasteiger partial charge in [-0.2, -0.15) is 0 Å². The zero-order valence-corrected chi connectivity index (χ0v) is 8.99. The van der Waals surface area contributed by atoms with Crippen LogP contribution in [-0.2, 0) is 4.79 Å². The van der Waals surface area contributed by atoms with Crippen LogP contribution >= 0.6 is 0 Å². The second kappa shape index (κ2) is 6.23. The number of carboxylic acid groups (broad SMARTS) is 1. The highest BCUT2D eigenvalue weighted by molar-refractivity contribution is 5.79. The Bertz CT molecular complexity index is 206. The molecule has 0 rings (SSSR count). The van der Waals surface area contributed by atoms with Crippen LogP contribution in [0.4, 0.5) is 4.79 Å². The van der Waals surface area contributed by atoms with Gasteiger partial charge in [0.05, 0.1) is 0 Å². The van der Waals surface area contributed by atoms with E-state index < -0.39 is 5.97 Å². The van der Waals surface area contributed by atoms with E-state index in [0.717, 1.165) is 6.42 Å². The number of carbonyl (C=O) groups is 2. The average Bonchev–Trinajstić information content (AvgIpc) is 2.13. The zero-order valence-electron chi connectivity index (χ0n) is 8.99. The Balaban J connectivity index is 4.22. The SMILES string of the molecule is CCCN(C)C(=O)N(CC)CC(=O)O. The molecule has 0 heterocycles. The molecule has 0 aromatic heterocycles. The number of nitrogens with zero attached hydrogens (tertiary/aromatic N) is 2. The van der Waals surface area contributed by atoms with E-state index in [-0.39, 0.29) is 12.6 Å². The van der Waals surface area contributed by atoms with Gasteiger partial charge in [-0.25, -0.2) is 4.79 Å². The van der Waals surface area contributed by atoms with Crippen LogP contribution in [0.3, 0.4) is 0 Å². The first-order valence-corrected chi connectivity index (χ1v) is 4.74. The number of carbonyl (C=O) groups excluding carboxylic acids is 1. The van der Waals surface area contributed by atoms with Gasteiger partial charge < -0.3 is 14.9 Å². The number of amides is 2. The Labute approximate surface area is 84.3 Å². The van der Waals surface area contributed by atoms with Crippen LogP contribution in [-0.4, -0.2) is 53.6 Å². The first-order valence-electron chi connectivity index (χ1n) is 4.74. The van der Waals surface area contributed by atoms with Crippen molar-refractivity contribution in [3.63, 3.8) is 0 Å². The standard InChI is InChI=1S/C9H18N2O3/c1-4-6-10(3)9(14)11(5-2)7-8(12)13/h4-7H2,1-3H3,(H,12,13). The third kappa shape index (κ3) is 4.11. The molecule has 0 saturated carbocycles. The molecule has 0 spiro atoms. The van der Waals surface area contributed by atoms with Gasteiger partial charge in [0.15, 0.2) is 0 Å². The monoisotopic (exact) mass is 202 g/mol. The Morgan fingerprint density at radius 3 is 2.21 bits per heavy atom. The van der Waals surface area contributed by atoms with Crippen molar-refractivity contribution >= 4 is 12.0 Å². The molecule has 14 heavy (non-hydrogen) atoms. The zero-order chi connectivity index (χ0) is 11.1. The van der Waals surface area contributed by atoms with Gasteiger partial charge in [-0.15, -0.1) is 0 Å². The molecule has 5 nitrogen and oxygen atoms in total. The molecule has 0 aromatic carbocycles. The fourth-order valence-electron chi connectivity index (χ4n) is 1.15. The fourth-order valence-corrected chi connectivity index (χ4v) is 1.15. The van der Waals surface area contributed by atoms with Gasteiger partial charge >= 0.3 is 12.0 Å². The van der Waals surface area contributed by atoms with Crippen molar-refractivity contribution in [3.05, 3.63) is 0 Å². The summed E-state index contributed by atoms with van der Waals surface area (Å²) < 4.78 is 0. The van der Waals surface area contributed by atoms with E-state index in [1.54, 1.807) is 14.0 Å². The quantitative estimate of drug-likeness (QED) is 0.719. The van der Waals surface area contributed by atoms with Gasteiger partial charge in [0, 0.05) is 20.1 Å². The van der Waals surface area contributed by atoms with Gasteiger partial charge in [-0.05, 0) is 13.3 Å². The van der Waals surface area contributed by atoms with Crippen LogP contribution in [0.5, 0.6) is 0 Å². The first-order chi connectivity index (χ1) is 6.52. The number of aliphatic carboxylic acids is 1. The maximum absolute atomic E-state index is 11.6. The smallest absolute Gasteiger partial charge is 0.323 e. The molecule has 0 bridgehead atoms. The average molecular weight is 202 g/mol. The van der Waals surface area contributed by atoms with E-state index in [1.807, 2.05) is 6.92 Å². The second-order valence-electron chi connectivity index (χ2n) is 3.11. The molecular formula is C9H18N2O3. The highest BCUT2D eigenvalue weighted by Crippen LogP contribution is 1.97. The predicted molar refractivity (Wildman–Crippen MR) is 53.2 cm³/mol. The molecule has 0 aliphatic heterocycles. The summed E-state index contributed by atoms with van der Waals surface area (Å²) in [4.78, 5) is 24.9. The van der Waals surface area contributed by atoms with Crippen molar-refractivity contribution in [1.82, 2.24) is 9.80 Å².